The Hall–Kier alpha value is -1.97. The van der Waals surface area contributed by atoms with E-state index in [1.165, 1.54) is 10.8 Å². The molecule has 0 radical (unpaired) electrons. The number of nitrogen functional groups attached to an aromatic ring is 1. The molecular weight excluding hydrogens is 366 g/mol. The van der Waals surface area contributed by atoms with E-state index in [-0.39, 0.29) is 11.0 Å². The molecule has 110 valence electrons. The van der Waals surface area contributed by atoms with Gasteiger partial charge in [0.2, 0.25) is 0 Å². The van der Waals surface area contributed by atoms with Crippen molar-refractivity contribution in [3.63, 3.8) is 0 Å². The van der Waals surface area contributed by atoms with Gasteiger partial charge in [-0.2, -0.15) is 0 Å². The zero-order valence-electron chi connectivity index (χ0n) is 10.4. The molecule has 0 saturated carbocycles. The van der Waals surface area contributed by atoms with Crippen LogP contribution in [-0.2, 0) is 6.54 Å². The molecule has 10 heteroatoms. The van der Waals surface area contributed by atoms with Gasteiger partial charge in [0.05, 0.1) is 32.9 Å². The summed E-state index contributed by atoms with van der Waals surface area (Å²) in [5.74, 6) is 5.68. The highest BCUT2D eigenvalue weighted by Crippen LogP contribution is 2.19. The third-order valence-corrected chi connectivity index (χ3v) is 3.52. The van der Waals surface area contributed by atoms with Gasteiger partial charge in [-0.3, -0.25) is 14.9 Å². The topological polar surface area (TPSA) is 116 Å². The number of nitrogens with zero attached hydrogens (tertiary/aromatic N) is 3. The predicted octanol–water partition coefficient (Wildman–Crippen LogP) is 1.90. The summed E-state index contributed by atoms with van der Waals surface area (Å²) in [4.78, 5) is 25.9. The zero-order chi connectivity index (χ0) is 15.6. The first kappa shape index (κ1) is 15.4. The molecule has 0 bridgehead atoms. The fourth-order valence-electron chi connectivity index (χ4n) is 1.65. The van der Waals surface area contributed by atoms with Crippen LogP contribution in [0.25, 0.3) is 0 Å². The van der Waals surface area contributed by atoms with Gasteiger partial charge >= 0.3 is 5.69 Å². The number of hydrogen-bond acceptors (Lipinski definition) is 6. The highest BCUT2D eigenvalue weighted by Gasteiger charge is 2.16. The maximum Gasteiger partial charge on any atom is 0.333 e. The quantitative estimate of drug-likeness (QED) is 0.480. The van der Waals surface area contributed by atoms with Gasteiger partial charge in [0, 0.05) is 6.20 Å². The zero-order valence-corrected chi connectivity index (χ0v) is 12.8. The van der Waals surface area contributed by atoms with Crippen molar-refractivity contribution in [3.8, 4) is 0 Å². The predicted molar refractivity (Wildman–Crippen MR) is 81.2 cm³/mol. The van der Waals surface area contributed by atoms with E-state index in [1.807, 2.05) is 0 Å². The highest BCUT2D eigenvalue weighted by molar-refractivity contribution is 9.10. The van der Waals surface area contributed by atoms with Crippen LogP contribution in [-0.4, -0.2) is 14.5 Å². The summed E-state index contributed by atoms with van der Waals surface area (Å²) in [6.45, 7) is 0.147. The molecule has 21 heavy (non-hydrogen) atoms. The van der Waals surface area contributed by atoms with Gasteiger partial charge in [0.15, 0.2) is 0 Å². The van der Waals surface area contributed by atoms with Gasteiger partial charge in [0.1, 0.15) is 5.82 Å². The maximum absolute atomic E-state index is 11.6. The number of hydrazine groups is 1. The minimum Gasteiger partial charge on any atom is -0.341 e. The van der Waals surface area contributed by atoms with Crippen LogP contribution >= 0.6 is 27.5 Å². The smallest absolute Gasteiger partial charge is 0.333 e. The molecule has 2 rings (SSSR count). The Morgan fingerprint density at radius 1 is 1.48 bits per heavy atom. The van der Waals surface area contributed by atoms with E-state index in [1.54, 1.807) is 12.1 Å². The van der Waals surface area contributed by atoms with Gasteiger partial charge in [-0.05, 0) is 28.1 Å². The van der Waals surface area contributed by atoms with Gasteiger partial charge in [-0.1, -0.05) is 11.6 Å². The van der Waals surface area contributed by atoms with Crippen molar-refractivity contribution in [1.29, 1.82) is 0 Å². The fraction of sp³-hybridized carbons (Fsp3) is 0.0909. The molecule has 0 aliphatic rings. The number of hydrogen-bond donors (Lipinski definition) is 2. The lowest BCUT2D eigenvalue weighted by Gasteiger charge is -2.09. The summed E-state index contributed by atoms with van der Waals surface area (Å²) in [7, 11) is 0. The van der Waals surface area contributed by atoms with Crippen molar-refractivity contribution >= 4 is 39.0 Å². The number of nitrogens with one attached hydrogen (secondary N) is 1. The van der Waals surface area contributed by atoms with Crippen LogP contribution in [0.1, 0.15) is 5.69 Å². The van der Waals surface area contributed by atoms with E-state index in [0.717, 1.165) is 6.20 Å². The van der Waals surface area contributed by atoms with Crippen LogP contribution in [0.2, 0.25) is 5.02 Å². The van der Waals surface area contributed by atoms with E-state index < -0.39 is 16.0 Å². The van der Waals surface area contributed by atoms with Crippen LogP contribution in [0, 0.1) is 10.1 Å². The summed E-state index contributed by atoms with van der Waals surface area (Å²) in [6, 6.07) is 3.20. The molecule has 0 spiro atoms. The molecule has 8 nitrogen and oxygen atoms in total. The van der Waals surface area contributed by atoms with E-state index in [4.69, 9.17) is 17.4 Å². The Balaban J connectivity index is 2.45. The molecule has 0 unspecified atom stereocenters. The third-order valence-electron chi connectivity index (χ3n) is 2.61. The third kappa shape index (κ3) is 3.38. The first-order valence-corrected chi connectivity index (χ1v) is 6.75. The Morgan fingerprint density at radius 3 is 2.81 bits per heavy atom. The van der Waals surface area contributed by atoms with Crippen LogP contribution in [0.15, 0.2) is 33.8 Å². The van der Waals surface area contributed by atoms with Gasteiger partial charge in [-0.25, -0.2) is 10.8 Å². The van der Waals surface area contributed by atoms with E-state index in [0.29, 0.717) is 16.5 Å². The first-order valence-electron chi connectivity index (χ1n) is 5.58. The lowest BCUT2D eigenvalue weighted by Crippen LogP contribution is -2.15. The van der Waals surface area contributed by atoms with Gasteiger partial charge in [-0.15, -0.1) is 0 Å². The Kier molecular flexibility index (Phi) is 4.56. The van der Waals surface area contributed by atoms with Crippen LogP contribution < -0.4 is 16.7 Å². The molecule has 0 atom stereocenters. The average molecular weight is 375 g/mol. The van der Waals surface area contributed by atoms with E-state index in [2.05, 4.69) is 26.3 Å². The number of rotatable bonds is 4. The van der Waals surface area contributed by atoms with Crippen molar-refractivity contribution in [2.24, 2.45) is 5.84 Å². The lowest BCUT2D eigenvalue weighted by atomic mass is 10.3. The number of nitro groups is 1. The minimum atomic E-state index is -0.740. The number of pyridine rings is 2. The number of aromatic nitrogens is 2. The first-order chi connectivity index (χ1) is 9.92. The SMILES string of the molecule is NNc1ccc(Cl)c(Cn2cc(Br)c(=O)c([N+](=O)[O-])c2)n1. The van der Waals surface area contributed by atoms with E-state index >= 15 is 0 Å². The molecular formula is C11H9BrClN5O3. The van der Waals surface area contributed by atoms with Crippen LogP contribution in [0.3, 0.4) is 0 Å². The van der Waals surface area contributed by atoms with Crippen LogP contribution in [0.4, 0.5) is 11.5 Å². The average Bonchev–Trinajstić information content (AvgIpc) is 2.44. The second kappa shape index (κ2) is 6.20. The Bertz CT molecular complexity index is 764. The van der Waals surface area contributed by atoms with Crippen molar-refractivity contribution < 1.29 is 4.92 Å². The fourth-order valence-corrected chi connectivity index (χ4v) is 2.28. The maximum atomic E-state index is 11.6. The van der Waals surface area contributed by atoms with Gasteiger partial charge < -0.3 is 9.99 Å². The molecule has 0 fully saturated rings. The highest BCUT2D eigenvalue weighted by atomic mass is 79.9. The Labute approximate surface area is 131 Å². The largest absolute Gasteiger partial charge is 0.341 e. The molecule has 3 N–H and O–H groups in total. The summed E-state index contributed by atoms with van der Waals surface area (Å²) in [5, 5.41) is 11.2. The van der Waals surface area contributed by atoms with Crippen molar-refractivity contribution in [2.45, 2.75) is 6.54 Å². The van der Waals surface area contributed by atoms with Crippen molar-refractivity contribution in [3.05, 3.63) is 60.1 Å². The molecule has 0 aliphatic heterocycles. The lowest BCUT2D eigenvalue weighted by molar-refractivity contribution is -0.386. The number of nitrogens with two attached hydrogens (primary N) is 1. The summed E-state index contributed by atoms with van der Waals surface area (Å²) in [5.41, 5.74) is 1.62. The summed E-state index contributed by atoms with van der Waals surface area (Å²) in [6.07, 6.45) is 2.56. The Morgan fingerprint density at radius 2 is 2.19 bits per heavy atom. The minimum absolute atomic E-state index is 0.0842. The molecule has 0 aromatic carbocycles. The van der Waals surface area contributed by atoms with E-state index in [9.17, 15) is 14.9 Å². The summed E-state index contributed by atoms with van der Waals surface area (Å²) >= 11 is 9.03. The van der Waals surface area contributed by atoms with Gasteiger partial charge in [0.25, 0.3) is 5.43 Å². The normalized spacial score (nSPS) is 10.4. The molecule has 0 aliphatic carbocycles. The second-order valence-electron chi connectivity index (χ2n) is 4.02. The van der Waals surface area contributed by atoms with Crippen molar-refractivity contribution in [1.82, 2.24) is 9.55 Å². The molecule has 2 aromatic heterocycles. The number of anilines is 1. The van der Waals surface area contributed by atoms with Crippen molar-refractivity contribution in [2.75, 3.05) is 5.43 Å². The molecule has 2 aromatic rings. The summed E-state index contributed by atoms with van der Waals surface area (Å²) < 4.78 is 1.53. The second-order valence-corrected chi connectivity index (χ2v) is 5.28. The number of halogens is 2. The monoisotopic (exact) mass is 373 g/mol. The molecule has 0 amide bonds. The standard InChI is InChI=1S/C11H9BrClN5O3/c12-6-3-17(5-9(11(6)19)18(20)21)4-8-7(13)1-2-10(15-8)16-14/h1-3,5H,4,14H2,(H,15,16). The molecule has 2 heterocycles. The molecule has 0 saturated heterocycles. The van der Waals surface area contributed by atoms with Crippen LogP contribution in [0.5, 0.6) is 0 Å².